The molecule has 3 aromatic carbocycles. The van der Waals surface area contributed by atoms with Gasteiger partial charge in [-0.15, -0.1) is 4.73 Å². The third-order valence-electron chi connectivity index (χ3n) is 6.96. The van der Waals surface area contributed by atoms with Gasteiger partial charge in [0, 0.05) is 41.5 Å². The molecule has 9 nitrogen and oxygen atoms in total. The average Bonchev–Trinajstić information content (AvgIpc) is 3.01. The van der Waals surface area contributed by atoms with E-state index in [2.05, 4.69) is 15.3 Å². The molecule has 0 fully saturated rings. The van der Waals surface area contributed by atoms with Gasteiger partial charge in [0.05, 0.1) is 26.9 Å². The summed E-state index contributed by atoms with van der Waals surface area (Å²) in [5.41, 5.74) is -0.553. The van der Waals surface area contributed by atoms with Crippen LogP contribution >= 0.6 is 23.2 Å². The van der Waals surface area contributed by atoms with Gasteiger partial charge in [0.15, 0.2) is 5.65 Å². The monoisotopic (exact) mass is 670 g/mol. The first-order chi connectivity index (χ1) is 21.9. The Labute approximate surface area is 271 Å². The van der Waals surface area contributed by atoms with Crippen LogP contribution in [0.4, 0.5) is 30.5 Å². The van der Waals surface area contributed by atoms with Crippen molar-refractivity contribution in [3.05, 3.63) is 111 Å². The van der Waals surface area contributed by atoms with Gasteiger partial charge >= 0.3 is 6.18 Å². The maximum absolute atomic E-state index is 13.8. The first kappa shape index (κ1) is 32.7. The van der Waals surface area contributed by atoms with Gasteiger partial charge in [0.1, 0.15) is 7.11 Å². The number of pyridine rings is 1. The molecule has 46 heavy (non-hydrogen) atoms. The van der Waals surface area contributed by atoms with Gasteiger partial charge in [0.2, 0.25) is 5.95 Å². The molecule has 0 radical (unpaired) electrons. The Balaban J connectivity index is 1.56. The van der Waals surface area contributed by atoms with Crippen LogP contribution in [0, 0.1) is 0 Å². The molecule has 0 aliphatic rings. The van der Waals surface area contributed by atoms with Crippen LogP contribution in [0.2, 0.25) is 10.0 Å². The first-order valence-electron chi connectivity index (χ1n) is 13.8. The van der Waals surface area contributed by atoms with E-state index in [-0.39, 0.29) is 27.5 Å². The predicted octanol–water partition coefficient (Wildman–Crippen LogP) is 6.79. The fourth-order valence-corrected chi connectivity index (χ4v) is 5.24. The Bertz CT molecular complexity index is 1970. The molecule has 14 heteroatoms. The zero-order valence-electron chi connectivity index (χ0n) is 24.8. The van der Waals surface area contributed by atoms with E-state index in [1.54, 1.807) is 54.7 Å². The number of halogens is 5. The summed E-state index contributed by atoms with van der Waals surface area (Å²) >= 11 is 12.5. The molecule has 1 amide bonds. The summed E-state index contributed by atoms with van der Waals surface area (Å²) in [4.78, 5) is 44.8. The van der Waals surface area contributed by atoms with Crippen molar-refractivity contribution in [3.63, 3.8) is 0 Å². The van der Waals surface area contributed by atoms with Gasteiger partial charge in [-0.1, -0.05) is 47.5 Å². The van der Waals surface area contributed by atoms with Crippen molar-refractivity contribution in [3.8, 4) is 11.1 Å². The van der Waals surface area contributed by atoms with Crippen molar-refractivity contribution in [2.24, 2.45) is 0 Å². The standard InChI is InChI=1S/C32H27Cl2F3N6O3/c1-41(2)14-13-38-31-39-18-20-15-24(30(45)43(46-3)28(20)40-31)23-11-10-22(17-27(23)34)42(21-7-5-4-6-8-21)29(44)19-9-12-26(33)25(16-19)32(35,36)37/h4-12,15-18H,13-14H2,1-3H3,(H,38,39,40). The summed E-state index contributed by atoms with van der Waals surface area (Å²) in [6.45, 7) is 1.33. The van der Waals surface area contributed by atoms with Crippen molar-refractivity contribution in [1.29, 1.82) is 0 Å². The maximum atomic E-state index is 13.8. The number of nitrogens with one attached hydrogen (secondary N) is 1. The summed E-state index contributed by atoms with van der Waals surface area (Å²) in [7, 11) is 5.21. The lowest BCUT2D eigenvalue weighted by atomic mass is 10.0. The van der Waals surface area contributed by atoms with Crippen LogP contribution in [-0.4, -0.2) is 59.8 Å². The molecular weight excluding hydrogens is 644 g/mol. The number of hydrogen-bond acceptors (Lipinski definition) is 7. The SMILES string of the molecule is COn1c(=O)c(-c2ccc(N(C(=O)c3ccc(Cl)c(C(F)(F)F)c3)c3ccccc3)cc2Cl)cc2cnc(NCCN(C)C)nc21. The van der Waals surface area contributed by atoms with Crippen LogP contribution in [0.25, 0.3) is 22.2 Å². The third kappa shape index (κ3) is 6.79. The highest BCUT2D eigenvalue weighted by Crippen LogP contribution is 2.38. The molecule has 5 rings (SSSR count). The number of aromatic nitrogens is 3. The zero-order valence-corrected chi connectivity index (χ0v) is 26.3. The van der Waals surface area contributed by atoms with Gasteiger partial charge in [-0.3, -0.25) is 14.5 Å². The normalized spacial score (nSPS) is 11.6. The second-order valence-electron chi connectivity index (χ2n) is 10.4. The summed E-state index contributed by atoms with van der Waals surface area (Å²) in [5, 5.41) is 3.18. The van der Waals surface area contributed by atoms with E-state index in [1.807, 2.05) is 19.0 Å². The molecule has 2 aromatic heterocycles. The summed E-state index contributed by atoms with van der Waals surface area (Å²) in [5.74, 6) is -0.430. The van der Waals surface area contributed by atoms with E-state index in [0.29, 0.717) is 35.2 Å². The van der Waals surface area contributed by atoms with Crippen molar-refractivity contribution in [2.45, 2.75) is 6.18 Å². The predicted molar refractivity (Wildman–Crippen MR) is 173 cm³/mol. The van der Waals surface area contributed by atoms with E-state index in [0.717, 1.165) is 17.3 Å². The molecule has 238 valence electrons. The van der Waals surface area contributed by atoms with Crippen LogP contribution in [-0.2, 0) is 6.18 Å². The number of hydrogen-bond donors (Lipinski definition) is 1. The Kier molecular flexibility index (Phi) is 9.52. The number of carbonyl (C=O) groups excluding carboxylic acids is 1. The number of alkyl halides is 3. The largest absolute Gasteiger partial charge is 0.417 e. The van der Waals surface area contributed by atoms with Crippen molar-refractivity contribution >= 4 is 57.5 Å². The summed E-state index contributed by atoms with van der Waals surface area (Å²) < 4.78 is 41.8. The Morgan fingerprint density at radius 3 is 2.35 bits per heavy atom. The molecule has 5 aromatic rings. The van der Waals surface area contributed by atoms with E-state index < -0.39 is 28.2 Å². The highest BCUT2D eigenvalue weighted by atomic mass is 35.5. The van der Waals surface area contributed by atoms with Gasteiger partial charge in [-0.05, 0) is 62.6 Å². The fourth-order valence-electron chi connectivity index (χ4n) is 4.74. The van der Waals surface area contributed by atoms with Gasteiger partial charge in [-0.2, -0.15) is 18.2 Å². The second kappa shape index (κ2) is 13.4. The van der Waals surface area contributed by atoms with Crippen molar-refractivity contribution in [1.82, 2.24) is 19.6 Å². The molecule has 0 spiro atoms. The Morgan fingerprint density at radius 2 is 1.70 bits per heavy atom. The molecule has 0 atom stereocenters. The molecule has 0 saturated heterocycles. The van der Waals surface area contributed by atoms with Gasteiger partial charge in [0.25, 0.3) is 11.5 Å². The highest BCUT2D eigenvalue weighted by molar-refractivity contribution is 6.34. The van der Waals surface area contributed by atoms with Gasteiger partial charge < -0.3 is 15.1 Å². The lowest BCUT2D eigenvalue weighted by Crippen LogP contribution is -2.28. The van der Waals surface area contributed by atoms with Gasteiger partial charge in [-0.25, -0.2) is 4.98 Å². The average molecular weight is 672 g/mol. The molecule has 0 saturated carbocycles. The minimum absolute atomic E-state index is 0.0975. The molecule has 2 heterocycles. The number of fused-ring (bicyclic) bond motifs is 1. The number of para-hydroxylation sites is 1. The second-order valence-corrected chi connectivity index (χ2v) is 11.2. The first-order valence-corrected chi connectivity index (χ1v) is 14.6. The van der Waals surface area contributed by atoms with Crippen LogP contribution in [0.3, 0.4) is 0 Å². The number of benzene rings is 3. The Morgan fingerprint density at radius 1 is 0.957 bits per heavy atom. The van der Waals surface area contributed by atoms with E-state index in [4.69, 9.17) is 28.0 Å². The molecular formula is C32H27Cl2F3N6O3. The number of likely N-dealkylation sites (N-methyl/N-ethyl adjacent to an activating group) is 1. The smallest absolute Gasteiger partial charge is 0.412 e. The van der Waals surface area contributed by atoms with Crippen LogP contribution in [0.1, 0.15) is 15.9 Å². The minimum atomic E-state index is -4.76. The van der Waals surface area contributed by atoms with E-state index >= 15 is 0 Å². The van der Waals surface area contributed by atoms with Crippen LogP contribution in [0.5, 0.6) is 0 Å². The van der Waals surface area contributed by atoms with Crippen molar-refractivity contribution < 1.29 is 22.8 Å². The maximum Gasteiger partial charge on any atom is 0.417 e. The topological polar surface area (TPSA) is 92.6 Å². The lowest BCUT2D eigenvalue weighted by molar-refractivity contribution is -0.137. The minimum Gasteiger partial charge on any atom is -0.412 e. The third-order valence-corrected chi connectivity index (χ3v) is 7.61. The highest BCUT2D eigenvalue weighted by Gasteiger charge is 2.34. The summed E-state index contributed by atoms with van der Waals surface area (Å²) in [6, 6.07) is 17.5. The van der Waals surface area contributed by atoms with Crippen molar-refractivity contribution in [2.75, 3.05) is 44.5 Å². The number of nitrogens with zero attached hydrogens (tertiary/aromatic N) is 5. The van der Waals surface area contributed by atoms with E-state index in [1.165, 1.54) is 24.1 Å². The molecule has 0 aliphatic carbocycles. The fraction of sp³-hybridized carbons (Fsp3) is 0.188. The molecule has 1 N–H and O–H groups in total. The van der Waals surface area contributed by atoms with Crippen LogP contribution < -0.4 is 20.6 Å². The number of amides is 1. The zero-order chi connectivity index (χ0) is 33.2. The lowest BCUT2D eigenvalue weighted by Gasteiger charge is -2.24. The summed E-state index contributed by atoms with van der Waals surface area (Å²) in [6.07, 6.45) is -3.21. The Hall–Kier alpha value is -4.65. The quantitative estimate of drug-likeness (QED) is 0.185. The van der Waals surface area contributed by atoms with Crippen LogP contribution in [0.15, 0.2) is 83.8 Å². The number of rotatable bonds is 9. The molecule has 0 bridgehead atoms. The number of carbonyl (C=O) groups is 1. The van der Waals surface area contributed by atoms with E-state index in [9.17, 15) is 22.8 Å². The molecule has 0 aliphatic heterocycles. The molecule has 0 unspecified atom stereocenters. The number of anilines is 3.